The number of benzene rings is 2. The molecule has 0 fully saturated rings. The third-order valence-corrected chi connectivity index (χ3v) is 4.06. The second-order valence-corrected chi connectivity index (χ2v) is 6.21. The zero-order chi connectivity index (χ0) is 19.5. The van der Waals surface area contributed by atoms with Gasteiger partial charge in [-0.25, -0.2) is 4.79 Å². The molecule has 0 bridgehead atoms. The molecule has 0 aromatic heterocycles. The topological polar surface area (TPSA) is 64.6 Å². The maximum Gasteiger partial charge on any atom is 0.338 e. The van der Waals surface area contributed by atoms with Crippen LogP contribution in [0, 0.1) is 0 Å². The van der Waals surface area contributed by atoms with Gasteiger partial charge in [-0.3, -0.25) is 4.79 Å². The van der Waals surface area contributed by atoms with E-state index in [0.29, 0.717) is 24.5 Å². The van der Waals surface area contributed by atoms with Crippen molar-refractivity contribution in [3.63, 3.8) is 0 Å². The summed E-state index contributed by atoms with van der Waals surface area (Å²) >= 11 is 0. The molecule has 1 amide bonds. The predicted octanol–water partition coefficient (Wildman–Crippen LogP) is 4.61. The van der Waals surface area contributed by atoms with E-state index in [-0.39, 0.29) is 18.3 Å². The minimum Gasteiger partial charge on any atom is -0.493 e. The van der Waals surface area contributed by atoms with E-state index in [2.05, 4.69) is 12.2 Å². The molecule has 5 heteroatoms. The molecule has 5 nitrogen and oxygen atoms in total. The number of nitrogens with one attached hydrogen (secondary N) is 1. The van der Waals surface area contributed by atoms with Crippen LogP contribution in [-0.2, 0) is 16.0 Å². The highest BCUT2D eigenvalue weighted by atomic mass is 16.5. The smallest absolute Gasteiger partial charge is 0.338 e. The molecule has 0 heterocycles. The first-order valence-corrected chi connectivity index (χ1v) is 9.41. The number of hydrogen-bond donors (Lipinski definition) is 1. The largest absolute Gasteiger partial charge is 0.493 e. The van der Waals surface area contributed by atoms with E-state index in [4.69, 9.17) is 9.47 Å². The van der Waals surface area contributed by atoms with Crippen LogP contribution >= 0.6 is 0 Å². The van der Waals surface area contributed by atoms with Crippen LogP contribution in [0.3, 0.4) is 0 Å². The minimum atomic E-state index is -0.344. The number of rotatable bonds is 10. The van der Waals surface area contributed by atoms with Crippen LogP contribution in [0.15, 0.2) is 48.5 Å². The number of hydrogen-bond acceptors (Lipinski definition) is 4. The Labute approximate surface area is 160 Å². The average Bonchev–Trinajstić information content (AvgIpc) is 2.69. The maximum atomic E-state index is 12.0. The van der Waals surface area contributed by atoms with E-state index in [1.165, 1.54) is 5.56 Å². The lowest BCUT2D eigenvalue weighted by atomic mass is 10.2. The van der Waals surface area contributed by atoms with E-state index in [9.17, 15) is 9.59 Å². The molecule has 0 aliphatic heterocycles. The van der Waals surface area contributed by atoms with Gasteiger partial charge in [-0.1, -0.05) is 32.4 Å². The fourth-order valence-corrected chi connectivity index (χ4v) is 2.39. The summed E-state index contributed by atoms with van der Waals surface area (Å²) in [4.78, 5) is 23.9. The van der Waals surface area contributed by atoms with Crippen molar-refractivity contribution in [2.75, 3.05) is 18.5 Å². The highest BCUT2D eigenvalue weighted by molar-refractivity contribution is 5.93. The zero-order valence-electron chi connectivity index (χ0n) is 16.0. The van der Waals surface area contributed by atoms with Crippen LogP contribution in [0.5, 0.6) is 5.75 Å². The van der Waals surface area contributed by atoms with Gasteiger partial charge in [-0.2, -0.15) is 0 Å². The fraction of sp³-hybridized carbons (Fsp3) is 0.364. The van der Waals surface area contributed by atoms with E-state index in [0.717, 1.165) is 25.0 Å². The molecule has 27 heavy (non-hydrogen) atoms. The molecule has 2 aromatic carbocycles. The zero-order valence-corrected chi connectivity index (χ0v) is 16.0. The third kappa shape index (κ3) is 7.13. The Morgan fingerprint density at radius 2 is 1.63 bits per heavy atom. The molecule has 0 atom stereocenters. The van der Waals surface area contributed by atoms with Crippen molar-refractivity contribution >= 4 is 17.6 Å². The molecular weight excluding hydrogens is 342 g/mol. The highest BCUT2D eigenvalue weighted by Gasteiger charge is 2.08. The number of anilines is 1. The molecule has 0 radical (unpaired) electrons. The van der Waals surface area contributed by atoms with Crippen LogP contribution in [0.2, 0.25) is 0 Å². The van der Waals surface area contributed by atoms with E-state index >= 15 is 0 Å². The molecule has 0 unspecified atom stereocenters. The normalized spacial score (nSPS) is 10.3. The Bertz CT molecular complexity index is 723. The van der Waals surface area contributed by atoms with Crippen LogP contribution in [0.1, 0.15) is 49.0 Å². The summed E-state index contributed by atoms with van der Waals surface area (Å²) < 4.78 is 10.7. The Balaban J connectivity index is 1.73. The van der Waals surface area contributed by atoms with Gasteiger partial charge in [0.25, 0.3) is 0 Å². The van der Waals surface area contributed by atoms with Crippen LogP contribution < -0.4 is 10.1 Å². The van der Waals surface area contributed by atoms with Gasteiger partial charge in [0.2, 0.25) is 5.91 Å². The molecule has 1 N–H and O–H groups in total. The number of carbonyl (C=O) groups is 2. The van der Waals surface area contributed by atoms with Crippen molar-refractivity contribution in [3.8, 4) is 5.75 Å². The van der Waals surface area contributed by atoms with E-state index in [1.54, 1.807) is 24.3 Å². The van der Waals surface area contributed by atoms with Crippen molar-refractivity contribution in [1.29, 1.82) is 0 Å². The number of esters is 1. The first kappa shape index (κ1) is 20.5. The van der Waals surface area contributed by atoms with Gasteiger partial charge < -0.3 is 14.8 Å². The van der Waals surface area contributed by atoms with Crippen molar-refractivity contribution in [1.82, 2.24) is 0 Å². The lowest BCUT2D eigenvalue weighted by molar-refractivity contribution is -0.116. The Morgan fingerprint density at radius 3 is 2.26 bits per heavy atom. The van der Waals surface area contributed by atoms with E-state index < -0.39 is 0 Å². The molecule has 0 saturated carbocycles. The number of aryl methyl sites for hydroxylation is 1. The summed E-state index contributed by atoms with van der Waals surface area (Å²) in [5.41, 5.74) is 2.36. The van der Waals surface area contributed by atoms with Crippen LogP contribution in [-0.4, -0.2) is 25.1 Å². The fourth-order valence-electron chi connectivity index (χ4n) is 2.39. The van der Waals surface area contributed by atoms with Crippen molar-refractivity contribution < 1.29 is 19.1 Å². The maximum absolute atomic E-state index is 12.0. The van der Waals surface area contributed by atoms with Gasteiger partial charge in [0.05, 0.1) is 25.2 Å². The SMILES string of the molecule is CCCCOC(=O)c1ccc(NC(=O)CCOc2ccc(CC)cc2)cc1. The Hall–Kier alpha value is -2.82. The average molecular weight is 369 g/mol. The summed E-state index contributed by atoms with van der Waals surface area (Å²) in [6.45, 7) is 4.87. The molecule has 0 saturated heterocycles. The molecule has 0 spiro atoms. The Kier molecular flexibility index (Phi) is 8.36. The van der Waals surface area contributed by atoms with Gasteiger partial charge in [-0.15, -0.1) is 0 Å². The monoisotopic (exact) mass is 369 g/mol. The Morgan fingerprint density at radius 1 is 0.926 bits per heavy atom. The highest BCUT2D eigenvalue weighted by Crippen LogP contribution is 2.14. The van der Waals surface area contributed by atoms with Crippen molar-refractivity contribution in [2.45, 2.75) is 39.5 Å². The first-order chi connectivity index (χ1) is 13.1. The first-order valence-electron chi connectivity index (χ1n) is 9.41. The number of unbranched alkanes of at least 4 members (excludes halogenated alkanes) is 1. The molecule has 144 valence electrons. The second-order valence-electron chi connectivity index (χ2n) is 6.21. The summed E-state index contributed by atoms with van der Waals surface area (Å²) in [5.74, 6) is 0.271. The quantitative estimate of drug-likeness (QED) is 0.490. The van der Waals surface area contributed by atoms with Gasteiger partial charge in [0.15, 0.2) is 0 Å². The number of amides is 1. The van der Waals surface area contributed by atoms with Gasteiger partial charge in [0.1, 0.15) is 5.75 Å². The number of ether oxygens (including phenoxy) is 2. The predicted molar refractivity (Wildman–Crippen MR) is 106 cm³/mol. The van der Waals surface area contributed by atoms with Gasteiger partial charge >= 0.3 is 5.97 Å². The number of carbonyl (C=O) groups excluding carboxylic acids is 2. The summed E-state index contributed by atoms with van der Waals surface area (Å²) in [5, 5.41) is 2.79. The lowest BCUT2D eigenvalue weighted by Gasteiger charge is -2.09. The molecule has 0 aliphatic rings. The van der Waals surface area contributed by atoms with E-state index in [1.807, 2.05) is 31.2 Å². The molecular formula is C22H27NO4. The van der Waals surface area contributed by atoms with Gasteiger partial charge in [0, 0.05) is 5.69 Å². The molecule has 0 aliphatic carbocycles. The summed E-state index contributed by atoms with van der Waals surface area (Å²) in [6.07, 6.45) is 3.06. The molecule has 2 aromatic rings. The lowest BCUT2D eigenvalue weighted by Crippen LogP contribution is -2.15. The summed E-state index contributed by atoms with van der Waals surface area (Å²) in [6, 6.07) is 14.5. The third-order valence-electron chi connectivity index (χ3n) is 4.06. The van der Waals surface area contributed by atoms with Crippen LogP contribution in [0.25, 0.3) is 0 Å². The summed E-state index contributed by atoms with van der Waals surface area (Å²) in [7, 11) is 0. The standard InChI is InChI=1S/C22H27NO4/c1-3-5-15-27-22(25)18-8-10-19(11-9-18)23-21(24)14-16-26-20-12-6-17(4-2)7-13-20/h6-13H,3-5,14-16H2,1-2H3,(H,23,24). The minimum absolute atomic E-state index is 0.140. The molecule has 2 rings (SSSR count). The van der Waals surface area contributed by atoms with Crippen molar-refractivity contribution in [2.24, 2.45) is 0 Å². The van der Waals surface area contributed by atoms with Gasteiger partial charge in [-0.05, 0) is 54.8 Å². The van der Waals surface area contributed by atoms with Crippen molar-refractivity contribution in [3.05, 3.63) is 59.7 Å². The second kappa shape index (κ2) is 11.0. The van der Waals surface area contributed by atoms with Crippen LogP contribution in [0.4, 0.5) is 5.69 Å².